The Morgan fingerprint density at radius 1 is 1.53 bits per heavy atom. The van der Waals surface area contributed by atoms with Gasteiger partial charge >= 0.3 is 16.2 Å². The standard InChI is InChI=1S/C10H12ClIN2O4S/c1-14(5-4-10(15)16)19(17,18)13-9-3-2-7(12)6-8(9)11/h2-3,6,13H,4-5H2,1H3,(H,15,16). The van der Waals surface area contributed by atoms with Crippen LogP contribution in [-0.4, -0.2) is 37.4 Å². The molecule has 0 saturated heterocycles. The highest BCUT2D eigenvalue weighted by Crippen LogP contribution is 2.25. The molecule has 0 heterocycles. The van der Waals surface area contributed by atoms with Crippen molar-refractivity contribution >= 4 is 56.1 Å². The molecule has 0 saturated carbocycles. The van der Waals surface area contributed by atoms with Gasteiger partial charge in [0.2, 0.25) is 0 Å². The van der Waals surface area contributed by atoms with Gasteiger partial charge in [-0.15, -0.1) is 0 Å². The Morgan fingerprint density at radius 3 is 2.68 bits per heavy atom. The van der Waals surface area contributed by atoms with Crippen LogP contribution in [0.15, 0.2) is 18.2 Å². The van der Waals surface area contributed by atoms with Crippen molar-refractivity contribution in [3.8, 4) is 0 Å². The summed E-state index contributed by atoms with van der Waals surface area (Å²) in [6.07, 6.45) is -0.266. The highest BCUT2D eigenvalue weighted by Gasteiger charge is 2.19. The van der Waals surface area contributed by atoms with Gasteiger partial charge in [-0.3, -0.25) is 9.52 Å². The largest absolute Gasteiger partial charge is 0.481 e. The summed E-state index contributed by atoms with van der Waals surface area (Å²) in [5.41, 5.74) is 0.254. The van der Waals surface area contributed by atoms with Crippen molar-refractivity contribution in [1.29, 1.82) is 0 Å². The van der Waals surface area contributed by atoms with Crippen molar-refractivity contribution in [2.75, 3.05) is 18.3 Å². The van der Waals surface area contributed by atoms with Crippen molar-refractivity contribution in [2.45, 2.75) is 6.42 Å². The van der Waals surface area contributed by atoms with Gasteiger partial charge in [0.1, 0.15) is 0 Å². The Balaban J connectivity index is 2.81. The van der Waals surface area contributed by atoms with Crippen LogP contribution in [0.2, 0.25) is 5.02 Å². The fraction of sp³-hybridized carbons (Fsp3) is 0.300. The minimum Gasteiger partial charge on any atom is -0.481 e. The quantitative estimate of drug-likeness (QED) is 0.692. The fourth-order valence-corrected chi connectivity index (χ4v) is 3.06. The predicted molar refractivity (Wildman–Crippen MR) is 81.6 cm³/mol. The van der Waals surface area contributed by atoms with Crippen molar-refractivity contribution in [1.82, 2.24) is 4.31 Å². The normalized spacial score (nSPS) is 11.6. The van der Waals surface area contributed by atoms with Gasteiger partial charge in [0.25, 0.3) is 0 Å². The number of rotatable bonds is 6. The summed E-state index contributed by atoms with van der Waals surface area (Å²) in [5.74, 6) is -1.06. The van der Waals surface area contributed by atoms with Gasteiger partial charge in [-0.25, -0.2) is 0 Å². The van der Waals surface area contributed by atoms with Crippen LogP contribution in [0, 0.1) is 3.57 Å². The lowest BCUT2D eigenvalue weighted by atomic mass is 10.3. The predicted octanol–water partition coefficient (Wildman–Crippen LogP) is 2.01. The lowest BCUT2D eigenvalue weighted by molar-refractivity contribution is -0.137. The molecule has 0 fully saturated rings. The van der Waals surface area contributed by atoms with Gasteiger partial charge in [0.15, 0.2) is 0 Å². The first-order valence-electron chi connectivity index (χ1n) is 5.13. The number of nitrogens with one attached hydrogen (secondary N) is 1. The van der Waals surface area contributed by atoms with Crippen LogP contribution < -0.4 is 4.72 Å². The SMILES string of the molecule is CN(CCC(=O)O)S(=O)(=O)Nc1ccc(I)cc1Cl. The van der Waals surface area contributed by atoms with E-state index in [1.165, 1.54) is 7.05 Å². The Labute approximate surface area is 130 Å². The minimum absolute atomic E-state index is 0.118. The second kappa shape index (κ2) is 6.73. The Morgan fingerprint density at radius 2 is 2.16 bits per heavy atom. The molecule has 0 radical (unpaired) electrons. The number of carboxylic acid groups (broad SMARTS) is 1. The maximum Gasteiger partial charge on any atom is 0.304 e. The number of anilines is 1. The van der Waals surface area contributed by atoms with E-state index in [0.29, 0.717) is 0 Å². The van der Waals surface area contributed by atoms with E-state index < -0.39 is 16.2 Å². The van der Waals surface area contributed by atoms with Gasteiger partial charge in [-0.05, 0) is 40.8 Å². The van der Waals surface area contributed by atoms with Crippen LogP contribution in [0.5, 0.6) is 0 Å². The van der Waals surface area contributed by atoms with Crippen molar-refractivity contribution in [3.05, 3.63) is 26.8 Å². The monoisotopic (exact) mass is 418 g/mol. The first kappa shape index (κ1) is 16.5. The lowest BCUT2D eigenvalue weighted by Crippen LogP contribution is -2.34. The zero-order valence-electron chi connectivity index (χ0n) is 9.93. The maximum atomic E-state index is 11.9. The van der Waals surface area contributed by atoms with Crippen LogP contribution in [0.3, 0.4) is 0 Å². The number of halogens is 2. The van der Waals surface area contributed by atoms with E-state index in [9.17, 15) is 13.2 Å². The number of carbonyl (C=O) groups is 1. The van der Waals surface area contributed by atoms with E-state index in [1.807, 2.05) is 0 Å². The zero-order valence-corrected chi connectivity index (χ0v) is 13.7. The molecule has 106 valence electrons. The summed E-state index contributed by atoms with van der Waals surface area (Å²) in [7, 11) is -2.51. The molecular formula is C10H12ClIN2O4S. The third kappa shape index (κ3) is 5.13. The molecule has 0 atom stereocenters. The number of benzene rings is 1. The summed E-state index contributed by atoms with van der Waals surface area (Å²) in [6.45, 7) is -0.118. The number of aliphatic carboxylic acids is 1. The van der Waals surface area contributed by atoms with Gasteiger partial charge in [-0.2, -0.15) is 12.7 Å². The molecule has 0 aliphatic rings. The van der Waals surface area contributed by atoms with E-state index in [-0.39, 0.29) is 23.7 Å². The van der Waals surface area contributed by atoms with Crippen molar-refractivity contribution < 1.29 is 18.3 Å². The summed E-state index contributed by atoms with van der Waals surface area (Å²) >= 11 is 7.98. The number of nitrogens with zero attached hydrogens (tertiary/aromatic N) is 1. The molecule has 0 unspecified atom stereocenters. The van der Waals surface area contributed by atoms with Gasteiger partial charge < -0.3 is 5.11 Å². The lowest BCUT2D eigenvalue weighted by Gasteiger charge is -2.18. The van der Waals surface area contributed by atoms with E-state index in [4.69, 9.17) is 16.7 Å². The van der Waals surface area contributed by atoms with Crippen LogP contribution in [0.1, 0.15) is 6.42 Å². The van der Waals surface area contributed by atoms with Crippen LogP contribution >= 0.6 is 34.2 Å². The Bertz CT molecular complexity index is 579. The summed E-state index contributed by atoms with van der Waals surface area (Å²) in [5, 5.41) is 8.81. The van der Waals surface area contributed by atoms with E-state index >= 15 is 0 Å². The Kier molecular flexibility index (Phi) is 5.83. The van der Waals surface area contributed by atoms with Crippen LogP contribution in [0.25, 0.3) is 0 Å². The van der Waals surface area contributed by atoms with Gasteiger partial charge in [-0.1, -0.05) is 11.6 Å². The van der Waals surface area contributed by atoms with Gasteiger partial charge in [0, 0.05) is 17.2 Å². The molecule has 0 bridgehead atoms. The number of hydrogen-bond acceptors (Lipinski definition) is 3. The van der Waals surface area contributed by atoms with Crippen LogP contribution in [0.4, 0.5) is 5.69 Å². The summed E-state index contributed by atoms with van der Waals surface area (Å²) in [4.78, 5) is 10.4. The first-order valence-corrected chi connectivity index (χ1v) is 8.03. The van der Waals surface area contributed by atoms with E-state index in [2.05, 4.69) is 27.3 Å². The molecule has 0 aliphatic heterocycles. The average molecular weight is 419 g/mol. The van der Waals surface area contributed by atoms with E-state index in [0.717, 1.165) is 7.88 Å². The first-order chi connectivity index (χ1) is 8.72. The van der Waals surface area contributed by atoms with Crippen molar-refractivity contribution in [3.63, 3.8) is 0 Å². The number of hydrogen-bond donors (Lipinski definition) is 2. The highest BCUT2D eigenvalue weighted by molar-refractivity contribution is 14.1. The van der Waals surface area contributed by atoms with E-state index in [1.54, 1.807) is 18.2 Å². The van der Waals surface area contributed by atoms with Crippen LogP contribution in [-0.2, 0) is 15.0 Å². The molecular weight excluding hydrogens is 407 g/mol. The van der Waals surface area contributed by atoms with Gasteiger partial charge in [0.05, 0.1) is 17.1 Å². The molecule has 9 heteroatoms. The molecule has 1 aromatic carbocycles. The Hall–Kier alpha value is -0.580. The highest BCUT2D eigenvalue weighted by atomic mass is 127. The smallest absolute Gasteiger partial charge is 0.304 e. The second-order valence-corrected chi connectivity index (χ2v) is 7.13. The number of carboxylic acids is 1. The third-order valence-electron chi connectivity index (χ3n) is 2.22. The summed E-state index contributed by atoms with van der Waals surface area (Å²) in [6, 6.07) is 4.88. The topological polar surface area (TPSA) is 86.7 Å². The molecule has 1 rings (SSSR count). The minimum atomic E-state index is -3.81. The molecule has 0 spiro atoms. The molecule has 6 nitrogen and oxygen atoms in total. The molecule has 0 aliphatic carbocycles. The maximum absolute atomic E-state index is 11.9. The average Bonchev–Trinajstić information content (AvgIpc) is 2.29. The fourth-order valence-electron chi connectivity index (χ4n) is 1.16. The summed E-state index contributed by atoms with van der Waals surface area (Å²) < 4.78 is 27.9. The third-order valence-corrected chi connectivity index (χ3v) is 4.69. The zero-order chi connectivity index (χ0) is 14.6. The molecule has 0 amide bonds. The molecule has 19 heavy (non-hydrogen) atoms. The second-order valence-electron chi connectivity index (χ2n) is 3.70. The molecule has 1 aromatic rings. The van der Waals surface area contributed by atoms with Crippen molar-refractivity contribution in [2.24, 2.45) is 0 Å². The molecule has 2 N–H and O–H groups in total. The molecule has 0 aromatic heterocycles.